The average Bonchev–Trinajstić information content (AvgIpc) is 0. The Morgan fingerprint density at radius 1 is 0.333 bits per heavy atom. The Kier molecular flexibility index (Phi) is 2470. The molecule has 0 fully saturated rings. The fourth-order valence-electron chi connectivity index (χ4n) is 0. The minimum atomic E-state index is 0. The molecule has 12 heavy (non-hydrogen) atoms. The first-order chi connectivity index (χ1) is 0. The Morgan fingerprint density at radius 2 is 0.333 bits per heavy atom. The van der Waals surface area contributed by atoms with Gasteiger partial charge < -0.3 is 112 Å². The molecule has 0 amide bonds. The van der Waals surface area contributed by atoms with Crippen molar-refractivity contribution >= 4 is 40.4 Å². The molecule has 0 saturated carbocycles. The van der Waals surface area contributed by atoms with E-state index in [9.17, 15) is 0 Å². The van der Waals surface area contributed by atoms with Crippen molar-refractivity contribution in [2.24, 2.45) is 0 Å². The van der Waals surface area contributed by atoms with Crippen molar-refractivity contribution in [3.05, 3.63) is 0 Å². The molecule has 0 aliphatic carbocycles. The summed E-state index contributed by atoms with van der Waals surface area (Å²) in [6.07, 6.45) is 0. The van der Waals surface area contributed by atoms with E-state index in [-0.39, 0.29) is 174 Å². The summed E-state index contributed by atoms with van der Waals surface area (Å²) >= 11 is 0. The van der Waals surface area contributed by atoms with Gasteiger partial charge in [-0.3, -0.25) is 0 Å². The third-order valence-corrected chi connectivity index (χ3v) is 0. The first-order valence-corrected chi connectivity index (χ1v) is 0. The summed E-state index contributed by atoms with van der Waals surface area (Å²) < 4.78 is 0. The minimum Gasteiger partial charge on any atom is -1.00 e. The average molecular weight is 418 g/mol. The van der Waals surface area contributed by atoms with E-state index in [1.54, 1.807) is 0 Å². The summed E-state index contributed by atoms with van der Waals surface area (Å²) in [5.41, 5.74) is 0. The van der Waals surface area contributed by atoms with Gasteiger partial charge in [-0.25, -0.2) is 0 Å². The van der Waals surface area contributed by atoms with E-state index in [0.29, 0.717) is 0 Å². The Morgan fingerprint density at radius 3 is 0.333 bits per heavy atom. The van der Waals surface area contributed by atoms with E-state index in [2.05, 4.69) is 0 Å². The Labute approximate surface area is 171 Å². The van der Waals surface area contributed by atoms with Gasteiger partial charge in [-0.2, -0.15) is 0 Å². The summed E-state index contributed by atoms with van der Waals surface area (Å²) in [6, 6.07) is 0. The molecule has 0 rings (SSSR count). The van der Waals surface area contributed by atoms with Crippen LogP contribution in [0.2, 0.25) is 0 Å². The van der Waals surface area contributed by atoms with Crippen molar-refractivity contribution in [2.75, 3.05) is 0 Å². The quantitative estimate of drug-likeness (QED) is 0.343. The van der Waals surface area contributed by atoms with Crippen LogP contribution in [-0.4, -0.2) is 40.4 Å². The third kappa shape index (κ3) is 127. The van der Waals surface area contributed by atoms with Crippen LogP contribution < -0.4 is 112 Å². The van der Waals surface area contributed by atoms with Gasteiger partial charge in [0.05, 0.1) is 0 Å². The second-order valence-electron chi connectivity index (χ2n) is 0. The molecule has 0 aromatic carbocycles. The maximum Gasteiger partial charge on any atom is 4.00 e. The summed E-state index contributed by atoms with van der Waals surface area (Å²) in [4.78, 5) is 0. The van der Waals surface area contributed by atoms with Gasteiger partial charge in [-0.1, -0.05) is 0 Å². The predicted octanol–water partition coefficient (Wildman–Crippen LogP) is -27.7. The molecule has 0 heterocycles. The Hall–Kier alpha value is 4.62. The Bertz CT molecular complexity index is 14.5. The molecule has 0 spiro atoms. The molecule has 0 saturated heterocycles. The van der Waals surface area contributed by atoms with Gasteiger partial charge in [0, 0.05) is 0 Å². The number of hydrogen-bond acceptors (Lipinski definition) is 0. The molecule has 0 unspecified atom stereocenters. The molecular formula is AlCl9MgTi. The monoisotopic (exact) mass is 414 g/mol. The molecule has 72 valence electrons. The van der Waals surface area contributed by atoms with Gasteiger partial charge in [0.1, 0.15) is 0 Å². The van der Waals surface area contributed by atoms with Gasteiger partial charge in [0.25, 0.3) is 0 Å². The maximum absolute atomic E-state index is 0. The zero-order valence-corrected chi connectivity index (χ0v) is 16.1. The molecule has 0 atom stereocenters. The first-order valence-electron chi connectivity index (χ1n) is 0. The predicted molar refractivity (Wildman–Crippen MR) is 11.5 cm³/mol. The number of hydrogen-bond donors (Lipinski definition) is 0. The topological polar surface area (TPSA) is 0 Å². The molecule has 0 aromatic rings. The van der Waals surface area contributed by atoms with Crippen molar-refractivity contribution in [2.45, 2.75) is 0 Å². The summed E-state index contributed by atoms with van der Waals surface area (Å²) in [5.74, 6) is 0. The van der Waals surface area contributed by atoms with Crippen LogP contribution in [0.25, 0.3) is 0 Å². The number of rotatable bonds is 0. The molecule has 0 aliphatic heterocycles. The van der Waals surface area contributed by atoms with Crippen LogP contribution in [0.4, 0.5) is 0 Å². The smallest absolute Gasteiger partial charge is 1.00 e. The number of halogens is 9. The van der Waals surface area contributed by atoms with Crippen LogP contribution >= 0.6 is 0 Å². The zero-order chi connectivity index (χ0) is 0. The summed E-state index contributed by atoms with van der Waals surface area (Å²) in [7, 11) is 0. The van der Waals surface area contributed by atoms with Crippen LogP contribution in [0.3, 0.4) is 0 Å². The summed E-state index contributed by atoms with van der Waals surface area (Å²) in [5, 5.41) is 0. The Balaban J connectivity index is 0. The molecule has 0 nitrogen and oxygen atoms in total. The zero-order valence-electron chi connectivity index (χ0n) is 5.19. The fraction of sp³-hybridized carbons (Fsp3) is 0. The van der Waals surface area contributed by atoms with Crippen LogP contribution in [0.15, 0.2) is 0 Å². The van der Waals surface area contributed by atoms with Crippen LogP contribution in [-0.2, 0) is 21.7 Å². The van der Waals surface area contributed by atoms with Gasteiger partial charge in [0.15, 0.2) is 0 Å². The van der Waals surface area contributed by atoms with Crippen molar-refractivity contribution < 1.29 is 133 Å². The van der Waals surface area contributed by atoms with E-state index in [4.69, 9.17) is 0 Å². The van der Waals surface area contributed by atoms with E-state index >= 15 is 0 Å². The molecular weight excluding hydrogens is 418 g/mol. The minimum absolute atomic E-state index is 0. The molecule has 0 aromatic heterocycles. The molecule has 0 radical (unpaired) electrons. The van der Waals surface area contributed by atoms with Crippen LogP contribution in [0, 0.1) is 0 Å². The van der Waals surface area contributed by atoms with E-state index in [1.165, 1.54) is 0 Å². The second-order valence-corrected chi connectivity index (χ2v) is 0. The van der Waals surface area contributed by atoms with Crippen LogP contribution in [0.1, 0.15) is 0 Å². The van der Waals surface area contributed by atoms with Crippen molar-refractivity contribution in [1.29, 1.82) is 0 Å². The third-order valence-electron chi connectivity index (χ3n) is 0. The van der Waals surface area contributed by atoms with Crippen molar-refractivity contribution in [3.8, 4) is 0 Å². The van der Waals surface area contributed by atoms with E-state index in [1.807, 2.05) is 0 Å². The summed E-state index contributed by atoms with van der Waals surface area (Å²) in [6.45, 7) is 0. The van der Waals surface area contributed by atoms with Gasteiger partial charge >= 0.3 is 62.1 Å². The van der Waals surface area contributed by atoms with Crippen molar-refractivity contribution in [1.82, 2.24) is 0 Å². The molecule has 0 aliphatic rings. The maximum atomic E-state index is 0. The largest absolute Gasteiger partial charge is 4.00 e. The van der Waals surface area contributed by atoms with E-state index < -0.39 is 0 Å². The molecule has 0 N–H and O–H groups in total. The van der Waals surface area contributed by atoms with Crippen LogP contribution in [0.5, 0.6) is 0 Å². The SMILES string of the molecule is [Al+3].[Cl-].[Cl-].[Cl-].[Cl-].[Cl-].[Cl-].[Cl-].[Cl-].[Cl-].[Mg+2].[Ti+4]. The van der Waals surface area contributed by atoms with Gasteiger partial charge in [-0.05, 0) is 0 Å². The second kappa shape index (κ2) is 156. The normalized spacial score (nSPS) is 0. The fourth-order valence-corrected chi connectivity index (χ4v) is 0. The van der Waals surface area contributed by atoms with Gasteiger partial charge in [-0.15, -0.1) is 0 Å². The van der Waals surface area contributed by atoms with Gasteiger partial charge in [0.2, 0.25) is 0 Å². The standard InChI is InChI=1S/Al.9ClH.Mg.Ti/h;9*1H;;/q+3;;;;;;;;;;+2;+4/p-9. The molecule has 0 bridgehead atoms. The van der Waals surface area contributed by atoms with E-state index in [0.717, 1.165) is 0 Å². The van der Waals surface area contributed by atoms with Crippen molar-refractivity contribution in [3.63, 3.8) is 0 Å². The first kappa shape index (κ1) is 190. The molecule has 12 heteroatoms.